The lowest BCUT2D eigenvalue weighted by molar-refractivity contribution is -0.122. The van der Waals surface area contributed by atoms with Crippen LogP contribution in [0.25, 0.3) is 0 Å². The van der Waals surface area contributed by atoms with Crippen LogP contribution in [0.2, 0.25) is 0 Å². The van der Waals surface area contributed by atoms with E-state index in [0.717, 1.165) is 21.3 Å². The molecule has 0 aromatic heterocycles. The molecule has 0 aliphatic heterocycles. The molecule has 0 heterocycles. The van der Waals surface area contributed by atoms with Crippen LogP contribution in [0.1, 0.15) is 37.8 Å². The lowest BCUT2D eigenvalue weighted by Gasteiger charge is -2.20. The van der Waals surface area contributed by atoms with E-state index in [1.54, 1.807) is 6.92 Å². The van der Waals surface area contributed by atoms with E-state index in [9.17, 15) is 4.79 Å². The van der Waals surface area contributed by atoms with Crippen molar-refractivity contribution in [3.8, 4) is 5.75 Å². The van der Waals surface area contributed by atoms with Gasteiger partial charge in [-0.3, -0.25) is 4.79 Å². The molecule has 0 aliphatic rings. The van der Waals surface area contributed by atoms with Crippen LogP contribution in [0.4, 0.5) is 5.69 Å². The molecule has 0 radical (unpaired) electrons. The second-order valence-electron chi connectivity index (χ2n) is 5.87. The standard InChI is InChI=1S/C19H22BrNO2/c1-12(2)15-9-7-8-13(3)18(15)21-19(22)14(4)23-17-11-6-5-10-16(17)20/h5-12,14H,1-4H3,(H,21,22). The molecule has 0 bridgehead atoms. The highest BCUT2D eigenvalue weighted by Gasteiger charge is 2.19. The van der Waals surface area contributed by atoms with Gasteiger partial charge in [0.25, 0.3) is 5.91 Å². The highest BCUT2D eigenvalue weighted by atomic mass is 79.9. The number of ether oxygens (including phenoxy) is 1. The third-order valence-corrected chi connectivity index (χ3v) is 4.34. The zero-order valence-electron chi connectivity index (χ0n) is 13.9. The topological polar surface area (TPSA) is 38.3 Å². The Morgan fingerprint density at radius 3 is 2.43 bits per heavy atom. The predicted octanol–water partition coefficient (Wildman–Crippen LogP) is 5.29. The Bertz CT molecular complexity index is 698. The van der Waals surface area contributed by atoms with Crippen LogP contribution >= 0.6 is 15.9 Å². The van der Waals surface area contributed by atoms with Crippen molar-refractivity contribution in [2.45, 2.75) is 39.7 Å². The SMILES string of the molecule is Cc1cccc(C(C)C)c1NC(=O)C(C)Oc1ccccc1Br. The quantitative estimate of drug-likeness (QED) is 0.770. The second-order valence-corrected chi connectivity index (χ2v) is 6.73. The molecule has 0 saturated carbocycles. The number of carbonyl (C=O) groups excluding carboxylic acids is 1. The number of halogens is 1. The first-order chi connectivity index (χ1) is 10.9. The summed E-state index contributed by atoms with van der Waals surface area (Å²) in [4.78, 5) is 12.5. The largest absolute Gasteiger partial charge is 0.480 e. The molecule has 122 valence electrons. The summed E-state index contributed by atoms with van der Waals surface area (Å²) in [6.45, 7) is 7.99. The number of benzene rings is 2. The summed E-state index contributed by atoms with van der Waals surface area (Å²) in [6, 6.07) is 13.6. The van der Waals surface area contributed by atoms with Crippen molar-refractivity contribution >= 4 is 27.5 Å². The first kappa shape index (κ1) is 17.5. The fourth-order valence-electron chi connectivity index (χ4n) is 2.35. The zero-order valence-corrected chi connectivity index (χ0v) is 15.5. The first-order valence-corrected chi connectivity index (χ1v) is 8.51. The van der Waals surface area contributed by atoms with Crippen molar-refractivity contribution in [1.82, 2.24) is 0 Å². The summed E-state index contributed by atoms with van der Waals surface area (Å²) >= 11 is 3.43. The van der Waals surface area contributed by atoms with Gasteiger partial charge in [-0.05, 0) is 59.0 Å². The lowest BCUT2D eigenvalue weighted by atomic mass is 9.98. The van der Waals surface area contributed by atoms with Gasteiger partial charge in [-0.2, -0.15) is 0 Å². The van der Waals surface area contributed by atoms with Crippen molar-refractivity contribution < 1.29 is 9.53 Å². The highest BCUT2D eigenvalue weighted by Crippen LogP contribution is 2.28. The Hall–Kier alpha value is -1.81. The number of para-hydroxylation sites is 2. The molecule has 1 unspecified atom stereocenters. The number of carbonyl (C=O) groups is 1. The monoisotopic (exact) mass is 375 g/mol. The van der Waals surface area contributed by atoms with Crippen LogP contribution in [-0.2, 0) is 4.79 Å². The summed E-state index contributed by atoms with van der Waals surface area (Å²) in [5.41, 5.74) is 3.07. The van der Waals surface area contributed by atoms with Crippen LogP contribution in [-0.4, -0.2) is 12.0 Å². The van der Waals surface area contributed by atoms with E-state index in [4.69, 9.17) is 4.74 Å². The van der Waals surface area contributed by atoms with Gasteiger partial charge in [-0.15, -0.1) is 0 Å². The van der Waals surface area contributed by atoms with Crippen molar-refractivity contribution in [3.05, 3.63) is 58.1 Å². The van der Waals surface area contributed by atoms with Crippen LogP contribution in [0.5, 0.6) is 5.75 Å². The molecule has 23 heavy (non-hydrogen) atoms. The minimum Gasteiger partial charge on any atom is -0.480 e. The number of aryl methyl sites for hydroxylation is 1. The molecule has 1 atom stereocenters. The zero-order chi connectivity index (χ0) is 17.0. The van der Waals surface area contributed by atoms with E-state index in [1.807, 2.05) is 49.4 Å². The maximum Gasteiger partial charge on any atom is 0.265 e. The third-order valence-electron chi connectivity index (χ3n) is 3.68. The average Bonchev–Trinajstić information content (AvgIpc) is 2.51. The van der Waals surface area contributed by atoms with Gasteiger partial charge in [0.1, 0.15) is 5.75 Å². The van der Waals surface area contributed by atoms with Gasteiger partial charge in [0, 0.05) is 5.69 Å². The highest BCUT2D eigenvalue weighted by molar-refractivity contribution is 9.10. The molecular formula is C19H22BrNO2. The molecule has 1 amide bonds. The molecule has 2 rings (SSSR count). The molecule has 0 spiro atoms. The molecule has 0 saturated heterocycles. The summed E-state index contributed by atoms with van der Waals surface area (Å²) in [6.07, 6.45) is -0.590. The number of anilines is 1. The van der Waals surface area contributed by atoms with Gasteiger partial charge in [-0.25, -0.2) is 0 Å². The Morgan fingerprint density at radius 1 is 1.09 bits per heavy atom. The van der Waals surface area contributed by atoms with Gasteiger partial charge >= 0.3 is 0 Å². The number of amides is 1. The molecule has 0 aliphatic carbocycles. The maximum absolute atomic E-state index is 12.5. The molecule has 0 fully saturated rings. The average molecular weight is 376 g/mol. The van der Waals surface area contributed by atoms with Gasteiger partial charge in [0.15, 0.2) is 6.10 Å². The summed E-state index contributed by atoms with van der Waals surface area (Å²) in [5, 5.41) is 3.02. The van der Waals surface area contributed by atoms with Gasteiger partial charge < -0.3 is 10.1 Å². The smallest absolute Gasteiger partial charge is 0.265 e. The normalized spacial score (nSPS) is 12.1. The van der Waals surface area contributed by atoms with E-state index in [0.29, 0.717) is 11.7 Å². The van der Waals surface area contributed by atoms with Gasteiger partial charge in [0.2, 0.25) is 0 Å². The fraction of sp³-hybridized carbons (Fsp3) is 0.316. The number of hydrogen-bond acceptors (Lipinski definition) is 2. The lowest BCUT2D eigenvalue weighted by Crippen LogP contribution is -2.31. The minimum absolute atomic E-state index is 0.156. The minimum atomic E-state index is -0.590. The van der Waals surface area contributed by atoms with E-state index in [1.165, 1.54) is 0 Å². The molecule has 3 nitrogen and oxygen atoms in total. The van der Waals surface area contributed by atoms with Gasteiger partial charge in [0.05, 0.1) is 4.47 Å². The van der Waals surface area contributed by atoms with E-state index in [-0.39, 0.29) is 5.91 Å². The van der Waals surface area contributed by atoms with Crippen molar-refractivity contribution in [2.75, 3.05) is 5.32 Å². The maximum atomic E-state index is 12.5. The number of rotatable bonds is 5. The second kappa shape index (κ2) is 7.64. The van der Waals surface area contributed by atoms with Crippen LogP contribution in [0.3, 0.4) is 0 Å². The Labute approximate surface area is 146 Å². The number of nitrogens with one attached hydrogen (secondary N) is 1. The van der Waals surface area contributed by atoms with Crippen LogP contribution in [0, 0.1) is 6.92 Å². The van der Waals surface area contributed by atoms with Crippen molar-refractivity contribution in [3.63, 3.8) is 0 Å². The summed E-state index contributed by atoms with van der Waals surface area (Å²) < 4.78 is 6.59. The van der Waals surface area contributed by atoms with E-state index < -0.39 is 6.10 Å². The molecule has 1 N–H and O–H groups in total. The third kappa shape index (κ3) is 4.35. The van der Waals surface area contributed by atoms with E-state index >= 15 is 0 Å². The van der Waals surface area contributed by atoms with Gasteiger partial charge in [-0.1, -0.05) is 44.2 Å². The van der Waals surface area contributed by atoms with Crippen LogP contribution in [0.15, 0.2) is 46.9 Å². The molecule has 2 aromatic carbocycles. The Morgan fingerprint density at radius 2 is 1.78 bits per heavy atom. The molecule has 4 heteroatoms. The van der Waals surface area contributed by atoms with E-state index in [2.05, 4.69) is 35.1 Å². The van der Waals surface area contributed by atoms with Crippen LogP contribution < -0.4 is 10.1 Å². The Balaban J connectivity index is 2.15. The number of hydrogen-bond donors (Lipinski definition) is 1. The van der Waals surface area contributed by atoms with Crippen molar-refractivity contribution in [1.29, 1.82) is 0 Å². The Kier molecular flexibility index (Phi) is 5.83. The predicted molar refractivity (Wildman–Crippen MR) is 98.1 cm³/mol. The fourth-order valence-corrected chi connectivity index (χ4v) is 2.73. The van der Waals surface area contributed by atoms with Crippen molar-refractivity contribution in [2.24, 2.45) is 0 Å². The molecular weight excluding hydrogens is 354 g/mol. The summed E-state index contributed by atoms with van der Waals surface area (Å²) in [7, 11) is 0. The first-order valence-electron chi connectivity index (χ1n) is 7.71. The molecule has 2 aromatic rings. The summed E-state index contributed by atoms with van der Waals surface area (Å²) in [5.74, 6) is 0.839.